The van der Waals surface area contributed by atoms with E-state index in [-0.39, 0.29) is 11.5 Å². The lowest BCUT2D eigenvalue weighted by Gasteiger charge is -2.32. The average molecular weight is 159 g/mol. The fourth-order valence-electron chi connectivity index (χ4n) is 1.14. The Balaban J connectivity index is 4.00. The first-order chi connectivity index (χ1) is 5.10. The minimum absolute atomic E-state index is 0.0734. The van der Waals surface area contributed by atoms with E-state index in [1.165, 1.54) is 0 Å². The number of aliphatic hydroxyl groups excluding tert-OH is 1. The predicted octanol–water partition coefficient (Wildman–Crippen LogP) is 1.52. The molecule has 0 aliphatic heterocycles. The van der Waals surface area contributed by atoms with Crippen molar-refractivity contribution in [2.24, 2.45) is 11.1 Å². The molecule has 0 aromatic heterocycles. The van der Waals surface area contributed by atoms with Crippen LogP contribution in [0.15, 0.2) is 0 Å². The van der Waals surface area contributed by atoms with E-state index < -0.39 is 0 Å². The summed E-state index contributed by atoms with van der Waals surface area (Å²) in [5.41, 5.74) is 5.52. The SMILES string of the molecule is CCCC(O)C(C)(CC)CN. The molecule has 0 aliphatic rings. The van der Waals surface area contributed by atoms with Gasteiger partial charge in [0.05, 0.1) is 6.10 Å². The van der Waals surface area contributed by atoms with Gasteiger partial charge in [-0.05, 0) is 12.8 Å². The molecule has 0 radical (unpaired) electrons. The zero-order chi connectivity index (χ0) is 8.91. The average Bonchev–Trinajstić information content (AvgIpc) is 2.03. The highest BCUT2D eigenvalue weighted by atomic mass is 16.3. The Morgan fingerprint density at radius 1 is 1.45 bits per heavy atom. The van der Waals surface area contributed by atoms with Crippen molar-refractivity contribution in [3.63, 3.8) is 0 Å². The van der Waals surface area contributed by atoms with Gasteiger partial charge in [0.15, 0.2) is 0 Å². The summed E-state index contributed by atoms with van der Waals surface area (Å²) in [6.07, 6.45) is 2.60. The summed E-state index contributed by atoms with van der Waals surface area (Å²) in [4.78, 5) is 0. The van der Waals surface area contributed by atoms with Crippen LogP contribution in [-0.2, 0) is 0 Å². The van der Waals surface area contributed by atoms with Gasteiger partial charge in [-0.15, -0.1) is 0 Å². The van der Waals surface area contributed by atoms with Crippen molar-refractivity contribution >= 4 is 0 Å². The van der Waals surface area contributed by atoms with Gasteiger partial charge in [-0.25, -0.2) is 0 Å². The predicted molar refractivity (Wildman–Crippen MR) is 48.4 cm³/mol. The van der Waals surface area contributed by atoms with E-state index in [9.17, 15) is 5.11 Å². The highest BCUT2D eigenvalue weighted by molar-refractivity contribution is 4.81. The van der Waals surface area contributed by atoms with Gasteiger partial charge in [-0.1, -0.05) is 27.2 Å². The topological polar surface area (TPSA) is 46.2 Å². The summed E-state index contributed by atoms with van der Waals surface area (Å²) in [6.45, 7) is 6.78. The molecule has 0 amide bonds. The monoisotopic (exact) mass is 159 g/mol. The Morgan fingerprint density at radius 2 is 2.00 bits per heavy atom. The molecule has 0 saturated carbocycles. The zero-order valence-electron chi connectivity index (χ0n) is 7.93. The smallest absolute Gasteiger partial charge is 0.0605 e. The number of hydrogen-bond acceptors (Lipinski definition) is 2. The van der Waals surface area contributed by atoms with Crippen LogP contribution in [0.25, 0.3) is 0 Å². The van der Waals surface area contributed by atoms with Crippen LogP contribution in [-0.4, -0.2) is 17.8 Å². The molecule has 2 nitrogen and oxygen atoms in total. The van der Waals surface area contributed by atoms with Crippen molar-refractivity contribution < 1.29 is 5.11 Å². The maximum atomic E-state index is 9.69. The molecule has 0 aromatic carbocycles. The number of nitrogens with two attached hydrogens (primary N) is 1. The Labute approximate surface area is 69.8 Å². The van der Waals surface area contributed by atoms with Crippen molar-refractivity contribution in [2.75, 3.05) is 6.54 Å². The largest absolute Gasteiger partial charge is 0.393 e. The summed E-state index contributed by atoms with van der Waals surface area (Å²) in [5.74, 6) is 0. The third-order valence-corrected chi connectivity index (χ3v) is 2.64. The molecule has 0 saturated heterocycles. The van der Waals surface area contributed by atoms with Gasteiger partial charge >= 0.3 is 0 Å². The van der Waals surface area contributed by atoms with Crippen molar-refractivity contribution in [3.8, 4) is 0 Å². The Bertz CT molecular complexity index is 99.7. The first-order valence-electron chi connectivity index (χ1n) is 4.48. The van der Waals surface area contributed by atoms with Gasteiger partial charge in [0.25, 0.3) is 0 Å². The molecule has 11 heavy (non-hydrogen) atoms. The van der Waals surface area contributed by atoms with Gasteiger partial charge in [0, 0.05) is 12.0 Å². The Kier molecular flexibility index (Phi) is 4.69. The zero-order valence-corrected chi connectivity index (χ0v) is 7.93. The molecule has 2 heteroatoms. The van der Waals surface area contributed by atoms with Crippen molar-refractivity contribution in [1.29, 1.82) is 0 Å². The molecule has 2 atom stereocenters. The van der Waals surface area contributed by atoms with E-state index in [0.29, 0.717) is 6.54 Å². The third-order valence-electron chi connectivity index (χ3n) is 2.64. The van der Waals surface area contributed by atoms with Crippen LogP contribution in [0, 0.1) is 5.41 Å². The van der Waals surface area contributed by atoms with Crippen molar-refractivity contribution in [3.05, 3.63) is 0 Å². The lowest BCUT2D eigenvalue weighted by Crippen LogP contribution is -2.38. The van der Waals surface area contributed by atoms with E-state index >= 15 is 0 Å². The molecule has 2 unspecified atom stereocenters. The second-order valence-electron chi connectivity index (χ2n) is 3.52. The third kappa shape index (κ3) is 2.80. The molecule has 0 bridgehead atoms. The quantitative estimate of drug-likeness (QED) is 0.639. The standard InChI is InChI=1S/C9H21NO/c1-4-6-8(11)9(3,5-2)7-10/h8,11H,4-7,10H2,1-3H3. The van der Waals surface area contributed by atoms with Crippen LogP contribution in [0.1, 0.15) is 40.0 Å². The molecule has 0 rings (SSSR count). The van der Waals surface area contributed by atoms with E-state index in [0.717, 1.165) is 19.3 Å². The van der Waals surface area contributed by atoms with Crippen LogP contribution in [0.3, 0.4) is 0 Å². The van der Waals surface area contributed by atoms with Crippen molar-refractivity contribution in [1.82, 2.24) is 0 Å². The first-order valence-corrected chi connectivity index (χ1v) is 4.48. The fourth-order valence-corrected chi connectivity index (χ4v) is 1.14. The second-order valence-corrected chi connectivity index (χ2v) is 3.52. The summed E-state index contributed by atoms with van der Waals surface area (Å²) >= 11 is 0. The van der Waals surface area contributed by atoms with E-state index in [2.05, 4.69) is 13.8 Å². The van der Waals surface area contributed by atoms with Crippen LogP contribution >= 0.6 is 0 Å². The normalized spacial score (nSPS) is 19.4. The van der Waals surface area contributed by atoms with Gasteiger partial charge < -0.3 is 10.8 Å². The van der Waals surface area contributed by atoms with E-state index in [1.807, 2.05) is 6.92 Å². The maximum Gasteiger partial charge on any atom is 0.0605 e. The Hall–Kier alpha value is -0.0800. The highest BCUT2D eigenvalue weighted by Crippen LogP contribution is 2.26. The van der Waals surface area contributed by atoms with Crippen LogP contribution in [0.2, 0.25) is 0 Å². The Morgan fingerprint density at radius 3 is 2.27 bits per heavy atom. The number of hydrogen-bond donors (Lipinski definition) is 2. The molecule has 0 aliphatic carbocycles. The summed E-state index contributed by atoms with van der Waals surface area (Å²) < 4.78 is 0. The van der Waals surface area contributed by atoms with Gasteiger partial charge in [0.2, 0.25) is 0 Å². The summed E-state index contributed by atoms with van der Waals surface area (Å²) in [7, 11) is 0. The minimum atomic E-state index is -0.234. The molecule has 68 valence electrons. The summed E-state index contributed by atoms with van der Waals surface area (Å²) in [5, 5.41) is 9.69. The molecule has 3 N–H and O–H groups in total. The van der Waals surface area contributed by atoms with Crippen molar-refractivity contribution in [2.45, 2.75) is 46.1 Å². The summed E-state index contributed by atoms with van der Waals surface area (Å²) in [6, 6.07) is 0. The lowest BCUT2D eigenvalue weighted by molar-refractivity contribution is 0.0331. The highest BCUT2D eigenvalue weighted by Gasteiger charge is 2.28. The fraction of sp³-hybridized carbons (Fsp3) is 1.00. The van der Waals surface area contributed by atoms with Crippen LogP contribution < -0.4 is 5.73 Å². The maximum absolute atomic E-state index is 9.69. The molecular weight excluding hydrogens is 138 g/mol. The molecule has 0 fully saturated rings. The molecule has 0 aromatic rings. The lowest BCUT2D eigenvalue weighted by atomic mass is 9.80. The number of aliphatic hydroxyl groups is 1. The van der Waals surface area contributed by atoms with Gasteiger partial charge in [-0.2, -0.15) is 0 Å². The van der Waals surface area contributed by atoms with E-state index in [4.69, 9.17) is 5.73 Å². The first kappa shape index (κ1) is 10.9. The van der Waals surface area contributed by atoms with Gasteiger partial charge in [0.1, 0.15) is 0 Å². The molecule has 0 heterocycles. The van der Waals surface area contributed by atoms with Crippen LogP contribution in [0.5, 0.6) is 0 Å². The molecule has 0 spiro atoms. The molecular formula is C9H21NO. The van der Waals surface area contributed by atoms with E-state index in [1.54, 1.807) is 0 Å². The second kappa shape index (κ2) is 4.73. The van der Waals surface area contributed by atoms with Gasteiger partial charge in [-0.3, -0.25) is 0 Å². The number of rotatable bonds is 5. The minimum Gasteiger partial charge on any atom is -0.393 e. The van der Waals surface area contributed by atoms with Crippen LogP contribution in [0.4, 0.5) is 0 Å².